The van der Waals surface area contributed by atoms with Gasteiger partial charge in [-0.15, -0.1) is 0 Å². The van der Waals surface area contributed by atoms with E-state index in [2.05, 4.69) is 31.4 Å². The molecular weight excluding hydrogens is 454 g/mol. The van der Waals surface area contributed by atoms with Gasteiger partial charge in [0.15, 0.2) is 0 Å². The molecule has 0 saturated heterocycles. The fraction of sp³-hybridized carbons (Fsp3) is 0.440. The molecule has 5 N–H and O–H groups in total. The summed E-state index contributed by atoms with van der Waals surface area (Å²) in [7, 11) is 0. The maximum Gasteiger partial charge on any atom is 0.340 e. The van der Waals surface area contributed by atoms with Crippen molar-refractivity contribution in [2.75, 3.05) is 6.54 Å². The monoisotopic (exact) mass is 485 g/mol. The van der Waals surface area contributed by atoms with Crippen LogP contribution in [0.15, 0.2) is 26.0 Å². The molecule has 0 fully saturated rings. The number of primary amides is 1. The van der Waals surface area contributed by atoms with Crippen LogP contribution in [-0.4, -0.2) is 35.6 Å². The molecule has 3 amide bonds. The van der Waals surface area contributed by atoms with Gasteiger partial charge in [-0.3, -0.25) is 4.79 Å². The predicted molar refractivity (Wildman–Crippen MR) is 131 cm³/mol. The summed E-state index contributed by atoms with van der Waals surface area (Å²) in [5, 5.41) is 15.8. The standard InChI is InChI=1S/C25H31N3O7/c1-12-14-9-16-17(25(3,4)5)11-34-20(16)13(2)21(14)35-23(32)15(12)10-19(29)28-18(22(30)31)7-6-8-27-24(26)33/h9,11,18H,6-8,10H2,1-5H3,(H,28,29)(H,30,31)(H3,26,27,33)/t18-/m0/s1. The van der Waals surface area contributed by atoms with Crippen LogP contribution in [0.1, 0.15) is 55.9 Å². The molecule has 10 heteroatoms. The first-order valence-corrected chi connectivity index (χ1v) is 11.3. The SMILES string of the molecule is Cc1c(CC(=O)N[C@@H](CCCNC(N)=O)C(=O)O)c(=O)oc2c(C)c3occ(C(C)(C)C)c3cc12. The Morgan fingerprint density at radius 3 is 2.40 bits per heavy atom. The van der Waals surface area contributed by atoms with E-state index in [9.17, 15) is 24.3 Å². The van der Waals surface area contributed by atoms with Gasteiger partial charge < -0.3 is 30.3 Å². The van der Waals surface area contributed by atoms with E-state index in [1.54, 1.807) is 13.2 Å². The number of nitrogens with two attached hydrogens (primary N) is 1. The number of carbonyl (C=O) groups excluding carboxylic acids is 2. The van der Waals surface area contributed by atoms with Crippen molar-refractivity contribution in [3.63, 3.8) is 0 Å². The highest BCUT2D eigenvalue weighted by Crippen LogP contribution is 2.37. The van der Waals surface area contributed by atoms with Crippen molar-refractivity contribution < 1.29 is 28.3 Å². The molecule has 3 rings (SSSR count). The van der Waals surface area contributed by atoms with Gasteiger partial charge in [-0.05, 0) is 43.7 Å². The molecule has 0 saturated carbocycles. The van der Waals surface area contributed by atoms with Gasteiger partial charge in [0, 0.05) is 28.4 Å². The topological polar surface area (TPSA) is 165 Å². The number of benzene rings is 1. The zero-order valence-corrected chi connectivity index (χ0v) is 20.5. The summed E-state index contributed by atoms with van der Waals surface area (Å²) >= 11 is 0. The van der Waals surface area contributed by atoms with E-state index < -0.39 is 29.6 Å². The number of carboxylic acid groups (broad SMARTS) is 1. The number of carbonyl (C=O) groups is 3. The van der Waals surface area contributed by atoms with Gasteiger partial charge in [0.25, 0.3) is 0 Å². The van der Waals surface area contributed by atoms with Crippen molar-refractivity contribution in [2.45, 2.75) is 65.3 Å². The highest BCUT2D eigenvalue weighted by atomic mass is 16.4. The maximum atomic E-state index is 12.8. The molecule has 1 aromatic carbocycles. The molecule has 2 heterocycles. The number of fused-ring (bicyclic) bond motifs is 2. The van der Waals surface area contributed by atoms with Gasteiger partial charge in [-0.2, -0.15) is 0 Å². The quantitative estimate of drug-likeness (QED) is 0.281. The molecule has 188 valence electrons. The molecule has 3 aromatic rings. The Hall–Kier alpha value is -3.82. The van der Waals surface area contributed by atoms with E-state index in [0.29, 0.717) is 34.1 Å². The number of nitrogens with one attached hydrogen (secondary N) is 2. The zero-order valence-electron chi connectivity index (χ0n) is 20.5. The number of urea groups is 1. The third-order valence-electron chi connectivity index (χ3n) is 6.09. The fourth-order valence-corrected chi connectivity index (χ4v) is 4.16. The van der Waals surface area contributed by atoms with Gasteiger partial charge in [0.05, 0.1) is 18.2 Å². The highest BCUT2D eigenvalue weighted by molar-refractivity contribution is 6.00. The van der Waals surface area contributed by atoms with Gasteiger partial charge >= 0.3 is 17.6 Å². The smallest absolute Gasteiger partial charge is 0.340 e. The number of hydrogen-bond donors (Lipinski definition) is 4. The maximum absolute atomic E-state index is 12.8. The summed E-state index contributed by atoms with van der Waals surface area (Å²) in [6.07, 6.45) is 1.76. The Bertz CT molecular complexity index is 1360. The molecule has 0 aliphatic heterocycles. The van der Waals surface area contributed by atoms with Crippen LogP contribution in [0.2, 0.25) is 0 Å². The second-order valence-corrected chi connectivity index (χ2v) is 9.72. The predicted octanol–water partition coefficient (Wildman–Crippen LogP) is 3.01. The Morgan fingerprint density at radius 1 is 1.11 bits per heavy atom. The minimum absolute atomic E-state index is 0.0832. The van der Waals surface area contributed by atoms with E-state index in [1.807, 2.05) is 13.0 Å². The van der Waals surface area contributed by atoms with Crippen LogP contribution >= 0.6 is 0 Å². The summed E-state index contributed by atoms with van der Waals surface area (Å²) in [6.45, 7) is 9.98. The van der Waals surface area contributed by atoms with E-state index in [-0.39, 0.29) is 30.4 Å². The fourth-order valence-electron chi connectivity index (χ4n) is 4.16. The van der Waals surface area contributed by atoms with Crippen LogP contribution in [0.3, 0.4) is 0 Å². The summed E-state index contributed by atoms with van der Waals surface area (Å²) in [5.74, 6) is -1.83. The Kier molecular flexibility index (Phi) is 7.23. The van der Waals surface area contributed by atoms with Crippen molar-refractivity contribution in [2.24, 2.45) is 5.73 Å². The number of rotatable bonds is 8. The summed E-state index contributed by atoms with van der Waals surface area (Å²) in [6, 6.07) is 0.0248. The van der Waals surface area contributed by atoms with Gasteiger partial charge in [0.1, 0.15) is 17.2 Å². The molecular formula is C25H31N3O7. The van der Waals surface area contributed by atoms with Crippen molar-refractivity contribution in [3.05, 3.63) is 45.0 Å². The third-order valence-corrected chi connectivity index (χ3v) is 6.09. The summed E-state index contributed by atoms with van der Waals surface area (Å²) < 4.78 is 11.4. The van der Waals surface area contributed by atoms with E-state index >= 15 is 0 Å². The molecule has 0 aliphatic carbocycles. The molecule has 0 bridgehead atoms. The van der Waals surface area contributed by atoms with Crippen LogP contribution in [0, 0.1) is 13.8 Å². The molecule has 35 heavy (non-hydrogen) atoms. The van der Waals surface area contributed by atoms with Crippen molar-refractivity contribution >= 4 is 39.8 Å². The first kappa shape index (κ1) is 25.8. The normalized spacial score (nSPS) is 12.6. The molecule has 1 atom stereocenters. The van der Waals surface area contributed by atoms with Crippen molar-refractivity contribution in [1.29, 1.82) is 0 Å². The molecule has 0 aliphatic rings. The Balaban J connectivity index is 1.91. The van der Waals surface area contributed by atoms with Crippen LogP contribution in [0.25, 0.3) is 21.9 Å². The molecule has 0 radical (unpaired) electrons. The van der Waals surface area contributed by atoms with Gasteiger partial charge in [0.2, 0.25) is 5.91 Å². The highest BCUT2D eigenvalue weighted by Gasteiger charge is 2.25. The van der Waals surface area contributed by atoms with E-state index in [0.717, 1.165) is 10.9 Å². The Morgan fingerprint density at radius 2 is 1.80 bits per heavy atom. The summed E-state index contributed by atoms with van der Waals surface area (Å²) in [5.41, 5.74) is 7.65. The average Bonchev–Trinajstić information content (AvgIpc) is 3.19. The minimum Gasteiger partial charge on any atom is -0.480 e. The zero-order chi connectivity index (χ0) is 26.1. The largest absolute Gasteiger partial charge is 0.480 e. The lowest BCUT2D eigenvalue weighted by Crippen LogP contribution is -2.42. The molecule has 2 aromatic heterocycles. The molecule has 0 unspecified atom stereocenters. The Labute approximate surface area is 201 Å². The first-order valence-electron chi connectivity index (χ1n) is 11.3. The molecule has 10 nitrogen and oxygen atoms in total. The second-order valence-electron chi connectivity index (χ2n) is 9.72. The number of aliphatic carboxylic acids is 1. The van der Waals surface area contributed by atoms with Gasteiger partial charge in [-0.25, -0.2) is 14.4 Å². The lowest BCUT2D eigenvalue weighted by Gasteiger charge is -2.17. The summed E-state index contributed by atoms with van der Waals surface area (Å²) in [4.78, 5) is 47.8. The van der Waals surface area contributed by atoms with Crippen LogP contribution in [0.5, 0.6) is 0 Å². The minimum atomic E-state index is -1.22. The van der Waals surface area contributed by atoms with Gasteiger partial charge in [-0.1, -0.05) is 20.8 Å². The lowest BCUT2D eigenvalue weighted by atomic mass is 9.86. The van der Waals surface area contributed by atoms with Crippen LogP contribution in [0.4, 0.5) is 4.79 Å². The van der Waals surface area contributed by atoms with Crippen molar-refractivity contribution in [3.8, 4) is 0 Å². The lowest BCUT2D eigenvalue weighted by molar-refractivity contribution is -0.141. The third kappa shape index (κ3) is 5.47. The van der Waals surface area contributed by atoms with Crippen LogP contribution < -0.4 is 22.0 Å². The van der Waals surface area contributed by atoms with E-state index in [1.165, 1.54) is 0 Å². The van der Waals surface area contributed by atoms with Crippen LogP contribution in [-0.2, 0) is 21.4 Å². The average molecular weight is 486 g/mol. The number of hydrogen-bond acceptors (Lipinski definition) is 6. The van der Waals surface area contributed by atoms with E-state index in [4.69, 9.17) is 14.6 Å². The van der Waals surface area contributed by atoms with Crippen molar-refractivity contribution in [1.82, 2.24) is 10.6 Å². The number of carboxylic acids is 1. The number of aryl methyl sites for hydroxylation is 2. The number of amides is 3. The molecule has 0 spiro atoms. The second kappa shape index (κ2) is 9.81. The number of furan rings is 1. The first-order chi connectivity index (χ1) is 16.3.